The molecule has 174 valence electrons. The lowest BCUT2D eigenvalue weighted by Crippen LogP contribution is -2.45. The predicted molar refractivity (Wildman–Crippen MR) is 132 cm³/mol. The molecule has 1 atom stereocenters. The molecule has 7 heteroatoms. The smallest absolute Gasteiger partial charge is 0.167 e. The Morgan fingerprint density at radius 2 is 1.91 bits per heavy atom. The van der Waals surface area contributed by atoms with Crippen LogP contribution in [0.1, 0.15) is 32.3 Å². The van der Waals surface area contributed by atoms with Gasteiger partial charge in [0.1, 0.15) is 11.7 Å². The van der Waals surface area contributed by atoms with Gasteiger partial charge in [-0.3, -0.25) is 4.90 Å². The first-order chi connectivity index (χ1) is 16.0. The lowest BCUT2D eigenvalue weighted by Gasteiger charge is -2.37. The summed E-state index contributed by atoms with van der Waals surface area (Å²) < 4.78 is 22.4. The maximum Gasteiger partial charge on any atom is 0.167 e. The Kier molecular flexibility index (Phi) is 6.99. The molecule has 3 aromatic rings. The van der Waals surface area contributed by atoms with E-state index in [1.54, 1.807) is 29.9 Å². The molecule has 1 aliphatic heterocycles. The number of hydrogen-bond donors (Lipinski definition) is 1. The van der Waals surface area contributed by atoms with Gasteiger partial charge in [0.2, 0.25) is 0 Å². The van der Waals surface area contributed by atoms with E-state index in [1.165, 1.54) is 6.07 Å². The van der Waals surface area contributed by atoms with Crippen molar-refractivity contribution in [3.8, 4) is 11.5 Å². The van der Waals surface area contributed by atoms with Crippen molar-refractivity contribution < 1.29 is 9.13 Å². The number of benzene rings is 1. The van der Waals surface area contributed by atoms with Gasteiger partial charge in [-0.15, -0.1) is 0 Å². The van der Waals surface area contributed by atoms with Crippen LogP contribution in [0.2, 0.25) is 0 Å². The number of nitrogens with zero attached hydrogens (tertiary/aromatic N) is 4. The fraction of sp³-hybridized carbons (Fsp3) is 0.346. The zero-order valence-electron chi connectivity index (χ0n) is 19.8. The van der Waals surface area contributed by atoms with E-state index in [1.807, 2.05) is 18.3 Å². The molecule has 3 heterocycles. The maximum absolute atomic E-state index is 14.6. The van der Waals surface area contributed by atoms with E-state index in [-0.39, 0.29) is 11.9 Å². The molecule has 2 aromatic heterocycles. The Morgan fingerprint density at radius 1 is 1.12 bits per heavy atom. The van der Waals surface area contributed by atoms with Gasteiger partial charge in [0, 0.05) is 56.9 Å². The molecule has 1 N–H and O–H groups in total. The summed E-state index contributed by atoms with van der Waals surface area (Å²) in [5.74, 6) is 0.310. The second-order valence-electron chi connectivity index (χ2n) is 8.31. The van der Waals surface area contributed by atoms with Crippen LogP contribution in [0.3, 0.4) is 0 Å². The highest BCUT2D eigenvalue weighted by molar-refractivity contribution is 5.77. The Balaban J connectivity index is 1.65. The first-order valence-corrected chi connectivity index (χ1v) is 11.5. The van der Waals surface area contributed by atoms with Crippen molar-refractivity contribution in [2.75, 3.05) is 32.5 Å². The highest BCUT2D eigenvalue weighted by Crippen LogP contribution is 2.33. The average molecular weight is 450 g/mol. The van der Waals surface area contributed by atoms with E-state index in [4.69, 9.17) is 4.74 Å². The van der Waals surface area contributed by atoms with Gasteiger partial charge in [0.05, 0.1) is 6.20 Å². The van der Waals surface area contributed by atoms with E-state index in [9.17, 15) is 4.39 Å². The number of ether oxygens (including phenoxy) is 1. The van der Waals surface area contributed by atoms with E-state index >= 15 is 0 Å². The molecular formula is C26H32FN5O. The van der Waals surface area contributed by atoms with Crippen molar-refractivity contribution in [2.24, 2.45) is 0 Å². The van der Waals surface area contributed by atoms with Crippen LogP contribution in [0, 0.1) is 5.82 Å². The van der Waals surface area contributed by atoms with Crippen LogP contribution in [-0.2, 0) is 0 Å². The Bertz CT molecular complexity index is 1160. The fourth-order valence-corrected chi connectivity index (χ4v) is 4.26. The topological polar surface area (TPSA) is 45.0 Å². The van der Waals surface area contributed by atoms with Crippen LogP contribution in [0.25, 0.3) is 11.1 Å². The molecule has 1 aromatic carbocycles. The second-order valence-corrected chi connectivity index (χ2v) is 8.31. The summed E-state index contributed by atoms with van der Waals surface area (Å²) in [7, 11) is 3.86. The summed E-state index contributed by atoms with van der Waals surface area (Å²) in [5, 5.41) is 7.33. The van der Waals surface area contributed by atoms with E-state index < -0.39 is 5.82 Å². The zero-order chi connectivity index (χ0) is 23.4. The van der Waals surface area contributed by atoms with E-state index in [0.29, 0.717) is 11.4 Å². The number of pyridine rings is 1. The van der Waals surface area contributed by atoms with Crippen LogP contribution >= 0.6 is 0 Å². The molecule has 0 saturated carbocycles. The number of fused-ring (bicyclic) bond motifs is 1. The number of anilines is 1. The molecule has 0 radical (unpaired) electrons. The zero-order valence-corrected chi connectivity index (χ0v) is 19.8. The number of rotatable bonds is 9. The van der Waals surface area contributed by atoms with Gasteiger partial charge in [-0.2, -0.15) is 5.10 Å². The molecule has 1 unspecified atom stereocenters. The van der Waals surface area contributed by atoms with E-state index in [2.05, 4.69) is 59.5 Å². The predicted octanol–water partition coefficient (Wildman–Crippen LogP) is 5.60. The number of allylic oxidation sites excluding steroid dienone is 2. The number of halogens is 1. The third-order valence-corrected chi connectivity index (χ3v) is 5.85. The Morgan fingerprint density at radius 3 is 2.58 bits per heavy atom. The third-order valence-electron chi connectivity index (χ3n) is 5.85. The molecule has 6 nitrogen and oxygen atoms in total. The van der Waals surface area contributed by atoms with Crippen molar-refractivity contribution >= 4 is 16.8 Å². The van der Waals surface area contributed by atoms with Gasteiger partial charge in [0.25, 0.3) is 0 Å². The average Bonchev–Trinajstić information content (AvgIpc) is 3.29. The van der Waals surface area contributed by atoms with Crippen LogP contribution in [0.5, 0.6) is 11.5 Å². The number of likely N-dealkylation sites (N-methyl/N-ethyl adjacent to an activating group) is 1. The lowest BCUT2D eigenvalue weighted by atomic mass is 10.0. The van der Waals surface area contributed by atoms with Gasteiger partial charge in [-0.05, 0) is 48.8 Å². The third kappa shape index (κ3) is 4.88. The normalized spacial score (nSPS) is 15.9. The van der Waals surface area contributed by atoms with Crippen LogP contribution in [0.4, 0.5) is 10.1 Å². The van der Waals surface area contributed by atoms with Gasteiger partial charge in [0.15, 0.2) is 17.3 Å². The summed E-state index contributed by atoms with van der Waals surface area (Å²) >= 11 is 0. The standard InChI is InChI=1S/C26H32FN5O/c1-5-13-31(14-6-2)26-10-7-19(17-30(26)4)20-15-25(23-11-12-29-32(23)18-20)33-24-9-8-21(28-3)16-22(24)27/h7-12,15-18,26,28H,5-6,13-14H2,1-4H3. The van der Waals surface area contributed by atoms with E-state index in [0.717, 1.165) is 42.6 Å². The Hall–Kier alpha value is -3.32. The summed E-state index contributed by atoms with van der Waals surface area (Å²) in [6, 6.07) is 8.65. The minimum absolute atomic E-state index is 0.175. The summed E-state index contributed by atoms with van der Waals surface area (Å²) in [4.78, 5) is 4.73. The summed E-state index contributed by atoms with van der Waals surface area (Å²) in [5.41, 5.74) is 3.47. The minimum atomic E-state index is -0.420. The van der Waals surface area contributed by atoms with Crippen molar-refractivity contribution in [1.82, 2.24) is 19.4 Å². The summed E-state index contributed by atoms with van der Waals surface area (Å²) in [6.07, 6.45) is 12.7. The highest BCUT2D eigenvalue weighted by atomic mass is 19.1. The molecule has 0 amide bonds. The molecule has 33 heavy (non-hydrogen) atoms. The highest BCUT2D eigenvalue weighted by Gasteiger charge is 2.21. The Labute approximate surface area is 195 Å². The molecule has 0 aliphatic carbocycles. The first kappa shape index (κ1) is 22.9. The van der Waals surface area contributed by atoms with Crippen LogP contribution in [-0.4, -0.2) is 52.8 Å². The quantitative estimate of drug-likeness (QED) is 0.461. The van der Waals surface area contributed by atoms with Crippen LogP contribution < -0.4 is 10.1 Å². The number of nitrogens with one attached hydrogen (secondary N) is 1. The molecule has 0 bridgehead atoms. The fourth-order valence-electron chi connectivity index (χ4n) is 4.26. The SMILES string of the molecule is CCCN(CCC)C1C=CC(c2cc(Oc3ccc(NC)cc3F)c3ccnn3c2)=CN1C. The van der Waals surface area contributed by atoms with Crippen molar-refractivity contribution in [3.05, 3.63) is 72.5 Å². The summed E-state index contributed by atoms with van der Waals surface area (Å²) in [6.45, 7) is 6.55. The molecule has 0 saturated heterocycles. The first-order valence-electron chi connectivity index (χ1n) is 11.5. The lowest BCUT2D eigenvalue weighted by molar-refractivity contribution is 0.129. The minimum Gasteiger partial charge on any atom is -0.452 e. The monoisotopic (exact) mass is 449 g/mol. The van der Waals surface area contributed by atoms with Gasteiger partial charge in [-0.25, -0.2) is 8.91 Å². The number of aromatic nitrogens is 2. The molecular weight excluding hydrogens is 417 g/mol. The largest absolute Gasteiger partial charge is 0.452 e. The second kappa shape index (κ2) is 10.1. The van der Waals surface area contributed by atoms with Gasteiger partial charge >= 0.3 is 0 Å². The molecule has 0 spiro atoms. The van der Waals surface area contributed by atoms with Crippen LogP contribution in [0.15, 0.2) is 61.1 Å². The maximum atomic E-state index is 14.6. The van der Waals surface area contributed by atoms with Crippen molar-refractivity contribution in [3.63, 3.8) is 0 Å². The van der Waals surface area contributed by atoms with Gasteiger partial charge in [-0.1, -0.05) is 19.9 Å². The molecule has 1 aliphatic rings. The number of hydrogen-bond acceptors (Lipinski definition) is 5. The molecule has 0 fully saturated rings. The van der Waals surface area contributed by atoms with Crippen molar-refractivity contribution in [1.29, 1.82) is 0 Å². The van der Waals surface area contributed by atoms with Gasteiger partial charge < -0.3 is 15.0 Å². The van der Waals surface area contributed by atoms with Crippen molar-refractivity contribution in [2.45, 2.75) is 32.9 Å². The molecule has 4 rings (SSSR count).